The second-order valence-corrected chi connectivity index (χ2v) is 4.60. The zero-order valence-corrected chi connectivity index (χ0v) is 11.6. The third kappa shape index (κ3) is 3.42. The van der Waals surface area contributed by atoms with E-state index in [1.54, 1.807) is 12.1 Å². The standard InChI is InChI=1S/C13H13ClN4O2/c1-9-12(14)16-8-17-13(9)15-7-6-10-2-4-11(5-3-10)18(19)20/h2-5,8H,6-7H2,1H3,(H,15,16,17). The van der Waals surface area contributed by atoms with Gasteiger partial charge in [0.1, 0.15) is 17.3 Å². The number of hydrogen-bond acceptors (Lipinski definition) is 5. The molecule has 1 aromatic carbocycles. The summed E-state index contributed by atoms with van der Waals surface area (Å²) in [5, 5.41) is 14.1. The van der Waals surface area contributed by atoms with Crippen LogP contribution in [0.4, 0.5) is 11.5 Å². The van der Waals surface area contributed by atoms with Gasteiger partial charge in [-0.3, -0.25) is 10.1 Å². The van der Waals surface area contributed by atoms with Crippen molar-refractivity contribution in [2.24, 2.45) is 0 Å². The molecule has 1 aromatic heterocycles. The molecular weight excluding hydrogens is 280 g/mol. The summed E-state index contributed by atoms with van der Waals surface area (Å²) in [7, 11) is 0. The number of hydrogen-bond donors (Lipinski definition) is 1. The first-order chi connectivity index (χ1) is 9.58. The number of anilines is 1. The van der Waals surface area contributed by atoms with Gasteiger partial charge in [0.2, 0.25) is 0 Å². The van der Waals surface area contributed by atoms with Crippen molar-refractivity contribution >= 4 is 23.1 Å². The van der Waals surface area contributed by atoms with E-state index in [4.69, 9.17) is 11.6 Å². The van der Waals surface area contributed by atoms with Gasteiger partial charge in [-0.25, -0.2) is 9.97 Å². The van der Waals surface area contributed by atoms with Crippen LogP contribution in [-0.2, 0) is 6.42 Å². The van der Waals surface area contributed by atoms with E-state index in [1.165, 1.54) is 18.5 Å². The second-order valence-electron chi connectivity index (χ2n) is 4.24. The molecular formula is C13H13ClN4O2. The van der Waals surface area contributed by atoms with Crippen LogP contribution in [0.2, 0.25) is 5.15 Å². The van der Waals surface area contributed by atoms with Crippen molar-refractivity contribution in [1.29, 1.82) is 0 Å². The number of nitro benzene ring substituents is 1. The van der Waals surface area contributed by atoms with E-state index in [9.17, 15) is 10.1 Å². The Hall–Kier alpha value is -2.21. The molecule has 0 bridgehead atoms. The van der Waals surface area contributed by atoms with Crippen molar-refractivity contribution in [1.82, 2.24) is 9.97 Å². The first-order valence-electron chi connectivity index (χ1n) is 6.02. The van der Waals surface area contributed by atoms with Crippen molar-refractivity contribution in [3.63, 3.8) is 0 Å². The molecule has 104 valence electrons. The van der Waals surface area contributed by atoms with Crippen LogP contribution in [0, 0.1) is 17.0 Å². The number of non-ortho nitro benzene ring substituents is 1. The maximum atomic E-state index is 10.5. The normalized spacial score (nSPS) is 10.3. The SMILES string of the molecule is Cc1c(Cl)ncnc1NCCc1ccc([N+](=O)[O-])cc1. The topological polar surface area (TPSA) is 81.0 Å². The van der Waals surface area contributed by atoms with Crippen molar-refractivity contribution in [3.8, 4) is 0 Å². The second kappa shape index (κ2) is 6.29. The van der Waals surface area contributed by atoms with Gasteiger partial charge in [-0.2, -0.15) is 0 Å². The Labute approximate surface area is 121 Å². The number of nitrogens with zero attached hydrogens (tertiary/aromatic N) is 3. The Kier molecular flexibility index (Phi) is 4.47. The molecule has 6 nitrogen and oxygen atoms in total. The first kappa shape index (κ1) is 14.2. The number of rotatable bonds is 5. The van der Waals surface area contributed by atoms with Gasteiger partial charge in [0, 0.05) is 24.2 Å². The lowest BCUT2D eigenvalue weighted by Crippen LogP contribution is -2.08. The zero-order valence-electron chi connectivity index (χ0n) is 10.8. The number of nitro groups is 1. The molecule has 0 atom stereocenters. The zero-order chi connectivity index (χ0) is 14.5. The lowest BCUT2D eigenvalue weighted by atomic mass is 10.1. The van der Waals surface area contributed by atoms with Crippen LogP contribution in [0.3, 0.4) is 0 Å². The lowest BCUT2D eigenvalue weighted by molar-refractivity contribution is -0.384. The van der Waals surface area contributed by atoms with Crippen LogP contribution in [0.1, 0.15) is 11.1 Å². The highest BCUT2D eigenvalue weighted by atomic mass is 35.5. The maximum Gasteiger partial charge on any atom is 0.269 e. The quantitative estimate of drug-likeness (QED) is 0.520. The van der Waals surface area contributed by atoms with Gasteiger partial charge in [0.15, 0.2) is 0 Å². The molecule has 0 fully saturated rings. The Bertz CT molecular complexity index is 616. The molecule has 1 heterocycles. The van der Waals surface area contributed by atoms with Gasteiger partial charge in [0.25, 0.3) is 5.69 Å². The summed E-state index contributed by atoms with van der Waals surface area (Å²) in [6, 6.07) is 6.50. The molecule has 1 N–H and O–H groups in total. The van der Waals surface area contributed by atoms with Gasteiger partial charge < -0.3 is 5.32 Å². The fraction of sp³-hybridized carbons (Fsp3) is 0.231. The van der Waals surface area contributed by atoms with Crippen molar-refractivity contribution < 1.29 is 4.92 Å². The summed E-state index contributed by atoms with van der Waals surface area (Å²) in [6.45, 7) is 2.50. The van der Waals surface area contributed by atoms with Gasteiger partial charge in [0.05, 0.1) is 4.92 Å². The Morgan fingerprint density at radius 3 is 2.65 bits per heavy atom. The summed E-state index contributed by atoms with van der Waals surface area (Å²) in [5.41, 5.74) is 1.92. The van der Waals surface area contributed by atoms with E-state index in [0.29, 0.717) is 17.5 Å². The largest absolute Gasteiger partial charge is 0.369 e. The third-order valence-electron chi connectivity index (χ3n) is 2.88. The fourth-order valence-electron chi connectivity index (χ4n) is 1.72. The van der Waals surface area contributed by atoms with Crippen LogP contribution in [0.5, 0.6) is 0 Å². The van der Waals surface area contributed by atoms with E-state index in [1.807, 2.05) is 6.92 Å². The minimum absolute atomic E-state index is 0.0973. The molecule has 0 aliphatic carbocycles. The predicted octanol–water partition coefficient (Wildman–Crippen LogP) is 3.00. The van der Waals surface area contributed by atoms with Gasteiger partial charge >= 0.3 is 0 Å². The minimum Gasteiger partial charge on any atom is -0.369 e. The minimum atomic E-state index is -0.408. The van der Waals surface area contributed by atoms with Crippen LogP contribution >= 0.6 is 11.6 Å². The molecule has 0 saturated heterocycles. The molecule has 7 heteroatoms. The van der Waals surface area contributed by atoms with E-state index >= 15 is 0 Å². The highest BCUT2D eigenvalue weighted by Gasteiger charge is 2.05. The number of nitrogens with one attached hydrogen (secondary N) is 1. The van der Waals surface area contributed by atoms with Crippen molar-refractivity contribution in [2.75, 3.05) is 11.9 Å². The predicted molar refractivity (Wildman–Crippen MR) is 77.1 cm³/mol. The maximum absolute atomic E-state index is 10.5. The van der Waals surface area contributed by atoms with E-state index in [0.717, 1.165) is 17.5 Å². The van der Waals surface area contributed by atoms with Gasteiger partial charge in [-0.1, -0.05) is 23.7 Å². The molecule has 20 heavy (non-hydrogen) atoms. The molecule has 0 saturated carbocycles. The van der Waals surface area contributed by atoms with Gasteiger partial charge in [-0.05, 0) is 18.9 Å². The molecule has 0 aliphatic rings. The smallest absolute Gasteiger partial charge is 0.269 e. The average Bonchev–Trinajstić information content (AvgIpc) is 2.44. The summed E-state index contributed by atoms with van der Waals surface area (Å²) in [6.07, 6.45) is 2.14. The molecule has 0 aliphatic heterocycles. The highest BCUT2D eigenvalue weighted by molar-refractivity contribution is 6.30. The van der Waals surface area contributed by atoms with Crippen molar-refractivity contribution in [3.05, 3.63) is 57.0 Å². The van der Waals surface area contributed by atoms with Crippen LogP contribution in [0.15, 0.2) is 30.6 Å². The summed E-state index contributed by atoms with van der Waals surface area (Å²) >= 11 is 5.90. The number of halogens is 1. The Morgan fingerprint density at radius 2 is 2.00 bits per heavy atom. The van der Waals surface area contributed by atoms with Crippen LogP contribution in [0.25, 0.3) is 0 Å². The fourth-order valence-corrected chi connectivity index (χ4v) is 1.85. The van der Waals surface area contributed by atoms with E-state index < -0.39 is 4.92 Å². The van der Waals surface area contributed by atoms with Crippen LogP contribution < -0.4 is 5.32 Å². The number of aromatic nitrogens is 2. The third-order valence-corrected chi connectivity index (χ3v) is 3.26. The first-order valence-corrected chi connectivity index (χ1v) is 6.40. The average molecular weight is 293 g/mol. The molecule has 2 rings (SSSR count). The summed E-state index contributed by atoms with van der Waals surface area (Å²) in [5.74, 6) is 0.701. The lowest BCUT2D eigenvalue weighted by Gasteiger charge is -2.08. The molecule has 0 amide bonds. The molecule has 0 radical (unpaired) electrons. The number of benzene rings is 1. The molecule has 0 spiro atoms. The molecule has 0 unspecified atom stereocenters. The monoisotopic (exact) mass is 292 g/mol. The van der Waals surface area contributed by atoms with Gasteiger partial charge in [-0.15, -0.1) is 0 Å². The van der Waals surface area contributed by atoms with E-state index in [-0.39, 0.29) is 5.69 Å². The summed E-state index contributed by atoms with van der Waals surface area (Å²) < 4.78 is 0. The Balaban J connectivity index is 1.92. The Morgan fingerprint density at radius 1 is 1.30 bits per heavy atom. The molecule has 2 aromatic rings. The van der Waals surface area contributed by atoms with E-state index in [2.05, 4.69) is 15.3 Å². The van der Waals surface area contributed by atoms with Crippen molar-refractivity contribution in [2.45, 2.75) is 13.3 Å². The highest BCUT2D eigenvalue weighted by Crippen LogP contribution is 2.18. The summed E-state index contributed by atoms with van der Waals surface area (Å²) in [4.78, 5) is 18.1. The van der Waals surface area contributed by atoms with Crippen LogP contribution in [-0.4, -0.2) is 21.4 Å².